The Labute approximate surface area is 104 Å². The van der Waals surface area contributed by atoms with Crippen LogP contribution in [0.2, 0.25) is 0 Å². The Morgan fingerprint density at radius 3 is 2.88 bits per heavy atom. The number of nitrogen functional groups attached to an aromatic ring is 1. The molecule has 0 spiro atoms. The van der Waals surface area contributed by atoms with E-state index in [-0.39, 0.29) is 12.4 Å². The summed E-state index contributed by atoms with van der Waals surface area (Å²) in [5.41, 5.74) is 7.34. The highest BCUT2D eigenvalue weighted by Crippen LogP contribution is 2.18. The van der Waals surface area contributed by atoms with Crippen molar-refractivity contribution in [3.63, 3.8) is 0 Å². The summed E-state index contributed by atoms with van der Waals surface area (Å²) in [6.45, 7) is 0. The number of benzene rings is 1. The summed E-state index contributed by atoms with van der Waals surface area (Å²) in [6.07, 6.45) is 2.56. The molecule has 16 heavy (non-hydrogen) atoms. The van der Waals surface area contributed by atoms with E-state index in [1.807, 2.05) is 18.2 Å². The molecule has 0 aliphatic carbocycles. The van der Waals surface area contributed by atoms with Crippen molar-refractivity contribution in [1.82, 2.24) is 4.98 Å². The standard InChI is InChI=1S/C11H9N3S.ClH/c12-6-9-3-1-2-8(4-9)5-10-7-14-11(13)15-10;/h1-4,7H,5H2,(H2,13,14);1H. The first-order chi connectivity index (χ1) is 7.28. The fourth-order valence-electron chi connectivity index (χ4n) is 1.36. The number of aromatic nitrogens is 1. The van der Waals surface area contributed by atoms with Gasteiger partial charge >= 0.3 is 0 Å². The Bertz CT molecular complexity index is 516. The molecule has 3 nitrogen and oxygen atoms in total. The van der Waals surface area contributed by atoms with E-state index >= 15 is 0 Å². The number of hydrogen-bond acceptors (Lipinski definition) is 4. The Hall–Kier alpha value is -1.57. The number of nitriles is 1. The summed E-state index contributed by atoms with van der Waals surface area (Å²) in [7, 11) is 0. The number of thiazole rings is 1. The second kappa shape index (κ2) is 5.50. The molecule has 0 unspecified atom stereocenters. The summed E-state index contributed by atoms with van der Waals surface area (Å²) in [4.78, 5) is 5.10. The summed E-state index contributed by atoms with van der Waals surface area (Å²) in [6, 6.07) is 9.69. The summed E-state index contributed by atoms with van der Waals surface area (Å²) >= 11 is 1.48. The predicted molar refractivity (Wildman–Crippen MR) is 67.7 cm³/mol. The molecule has 0 amide bonds. The maximum Gasteiger partial charge on any atom is 0.180 e. The molecule has 1 aromatic heterocycles. The van der Waals surface area contributed by atoms with Gasteiger partial charge in [0.2, 0.25) is 0 Å². The Kier molecular flexibility index (Phi) is 4.29. The van der Waals surface area contributed by atoms with Gasteiger partial charge in [-0.05, 0) is 17.7 Å². The third-order valence-corrected chi connectivity index (χ3v) is 2.83. The van der Waals surface area contributed by atoms with Crippen molar-refractivity contribution in [2.45, 2.75) is 6.42 Å². The zero-order valence-corrected chi connectivity index (χ0v) is 10.0. The maximum absolute atomic E-state index is 8.75. The molecule has 2 aromatic rings. The smallest absolute Gasteiger partial charge is 0.180 e. The maximum atomic E-state index is 8.75. The van der Waals surface area contributed by atoms with Gasteiger partial charge in [-0.15, -0.1) is 23.7 Å². The second-order valence-corrected chi connectivity index (χ2v) is 4.30. The third-order valence-electron chi connectivity index (χ3n) is 2.01. The molecule has 0 atom stereocenters. The first-order valence-electron chi connectivity index (χ1n) is 4.47. The number of nitrogens with zero attached hydrogens (tertiary/aromatic N) is 2. The van der Waals surface area contributed by atoms with Crippen LogP contribution in [-0.4, -0.2) is 4.98 Å². The molecule has 0 bridgehead atoms. The summed E-state index contributed by atoms with van der Waals surface area (Å²) < 4.78 is 0. The van der Waals surface area contributed by atoms with E-state index in [9.17, 15) is 0 Å². The van der Waals surface area contributed by atoms with Gasteiger partial charge in [0.25, 0.3) is 0 Å². The first-order valence-corrected chi connectivity index (χ1v) is 5.29. The van der Waals surface area contributed by atoms with Crippen molar-refractivity contribution >= 4 is 28.9 Å². The molecule has 0 saturated heterocycles. The van der Waals surface area contributed by atoms with E-state index in [0.29, 0.717) is 10.7 Å². The quantitative estimate of drug-likeness (QED) is 0.892. The minimum atomic E-state index is 0. The lowest BCUT2D eigenvalue weighted by molar-refractivity contribution is 1.21. The molecule has 0 radical (unpaired) electrons. The molecular formula is C11H10ClN3S. The third kappa shape index (κ3) is 2.96. The van der Waals surface area contributed by atoms with Crippen LogP contribution in [0.15, 0.2) is 30.5 Å². The molecule has 0 saturated carbocycles. The minimum Gasteiger partial charge on any atom is -0.375 e. The van der Waals surface area contributed by atoms with Gasteiger partial charge in [-0.2, -0.15) is 5.26 Å². The SMILES string of the molecule is Cl.N#Cc1cccc(Cc2cnc(N)s2)c1. The fraction of sp³-hybridized carbons (Fsp3) is 0.0909. The molecule has 2 N–H and O–H groups in total. The molecule has 5 heteroatoms. The molecule has 1 heterocycles. The predicted octanol–water partition coefficient (Wildman–Crippen LogP) is 2.61. The molecule has 1 aromatic carbocycles. The molecule has 0 fully saturated rings. The number of halogens is 1. The largest absolute Gasteiger partial charge is 0.375 e. The van der Waals surface area contributed by atoms with E-state index in [4.69, 9.17) is 11.0 Å². The summed E-state index contributed by atoms with van der Waals surface area (Å²) in [5, 5.41) is 9.34. The van der Waals surface area contributed by atoms with Crippen LogP contribution in [0.25, 0.3) is 0 Å². The molecule has 2 rings (SSSR count). The molecule has 0 aliphatic heterocycles. The molecule has 0 aliphatic rings. The second-order valence-electron chi connectivity index (χ2n) is 3.15. The highest BCUT2D eigenvalue weighted by molar-refractivity contribution is 7.15. The topological polar surface area (TPSA) is 62.7 Å². The van der Waals surface area contributed by atoms with Gasteiger partial charge < -0.3 is 5.73 Å². The monoisotopic (exact) mass is 251 g/mol. The Morgan fingerprint density at radius 1 is 1.44 bits per heavy atom. The number of hydrogen-bond donors (Lipinski definition) is 1. The van der Waals surface area contributed by atoms with E-state index in [1.165, 1.54) is 11.3 Å². The van der Waals surface area contributed by atoms with Gasteiger partial charge in [0.05, 0.1) is 11.6 Å². The van der Waals surface area contributed by atoms with Crippen LogP contribution < -0.4 is 5.73 Å². The van der Waals surface area contributed by atoms with Gasteiger partial charge in [-0.1, -0.05) is 12.1 Å². The van der Waals surface area contributed by atoms with Crippen molar-refractivity contribution in [1.29, 1.82) is 5.26 Å². The van der Waals surface area contributed by atoms with Crippen molar-refractivity contribution < 1.29 is 0 Å². The van der Waals surface area contributed by atoms with Crippen LogP contribution in [0.1, 0.15) is 16.0 Å². The van der Waals surface area contributed by atoms with Gasteiger partial charge in [0, 0.05) is 17.5 Å². The van der Waals surface area contributed by atoms with Crippen LogP contribution in [0.5, 0.6) is 0 Å². The zero-order valence-electron chi connectivity index (χ0n) is 8.38. The van der Waals surface area contributed by atoms with Crippen LogP contribution in [0, 0.1) is 11.3 Å². The van der Waals surface area contributed by atoms with Crippen LogP contribution in [0.3, 0.4) is 0 Å². The summed E-state index contributed by atoms with van der Waals surface area (Å²) in [5.74, 6) is 0. The fourth-order valence-corrected chi connectivity index (χ4v) is 2.07. The van der Waals surface area contributed by atoms with Gasteiger partial charge in [-0.25, -0.2) is 4.98 Å². The highest BCUT2D eigenvalue weighted by atomic mass is 35.5. The van der Waals surface area contributed by atoms with E-state index in [0.717, 1.165) is 16.9 Å². The van der Waals surface area contributed by atoms with Gasteiger partial charge in [0.1, 0.15) is 0 Å². The van der Waals surface area contributed by atoms with Crippen LogP contribution >= 0.6 is 23.7 Å². The first kappa shape index (κ1) is 12.5. The number of anilines is 1. The lowest BCUT2D eigenvalue weighted by Gasteiger charge is -1.97. The van der Waals surface area contributed by atoms with Crippen molar-refractivity contribution in [3.8, 4) is 6.07 Å². The zero-order chi connectivity index (χ0) is 10.7. The van der Waals surface area contributed by atoms with E-state index in [1.54, 1.807) is 12.3 Å². The lowest BCUT2D eigenvalue weighted by atomic mass is 10.1. The van der Waals surface area contributed by atoms with Crippen LogP contribution in [0.4, 0.5) is 5.13 Å². The molecular weight excluding hydrogens is 242 g/mol. The van der Waals surface area contributed by atoms with E-state index < -0.39 is 0 Å². The van der Waals surface area contributed by atoms with Crippen molar-refractivity contribution in [2.75, 3.05) is 5.73 Å². The molecule has 82 valence electrons. The van der Waals surface area contributed by atoms with Crippen molar-refractivity contribution in [3.05, 3.63) is 46.5 Å². The van der Waals surface area contributed by atoms with Crippen molar-refractivity contribution in [2.24, 2.45) is 0 Å². The average molecular weight is 252 g/mol. The normalized spacial score (nSPS) is 9.19. The van der Waals surface area contributed by atoms with Gasteiger partial charge in [0.15, 0.2) is 5.13 Å². The lowest BCUT2D eigenvalue weighted by Crippen LogP contribution is -1.85. The minimum absolute atomic E-state index is 0. The Morgan fingerprint density at radius 2 is 2.25 bits per heavy atom. The number of rotatable bonds is 2. The average Bonchev–Trinajstić information content (AvgIpc) is 2.64. The highest BCUT2D eigenvalue weighted by Gasteiger charge is 2.01. The van der Waals surface area contributed by atoms with E-state index in [2.05, 4.69) is 11.1 Å². The van der Waals surface area contributed by atoms with Gasteiger partial charge in [-0.3, -0.25) is 0 Å². The van der Waals surface area contributed by atoms with Crippen LogP contribution in [-0.2, 0) is 6.42 Å². The number of nitrogens with two attached hydrogens (primary N) is 1. The Balaban J connectivity index is 0.00000128.